The lowest BCUT2D eigenvalue weighted by atomic mass is 9.69. The smallest absolute Gasteiger partial charge is 0.306 e. The Bertz CT molecular complexity index is 453. The predicted octanol–water partition coefficient (Wildman–Crippen LogP) is 4.61. The highest BCUT2D eigenvalue weighted by Crippen LogP contribution is 2.39. The van der Waals surface area contributed by atoms with E-state index in [1.807, 2.05) is 0 Å². The molecule has 0 bridgehead atoms. The zero-order valence-corrected chi connectivity index (χ0v) is 14.3. The summed E-state index contributed by atoms with van der Waals surface area (Å²) in [5, 5.41) is 9.45. The first-order valence-corrected chi connectivity index (χ1v) is 8.52. The largest absolute Gasteiger partial charge is 0.481 e. The quantitative estimate of drug-likeness (QED) is 0.768. The molecule has 3 heteroatoms. The molecule has 110 valence electrons. The third-order valence-electron chi connectivity index (χ3n) is 4.69. The predicted molar refractivity (Wildman–Crippen MR) is 89.7 cm³/mol. The lowest BCUT2D eigenvalue weighted by molar-refractivity contribution is -0.145. The molecule has 2 rings (SSSR count). The Kier molecular flexibility index (Phi) is 5.47. The van der Waals surface area contributed by atoms with Gasteiger partial charge in [0.1, 0.15) is 0 Å². The summed E-state index contributed by atoms with van der Waals surface area (Å²) >= 11 is 2.30. The second-order valence-corrected chi connectivity index (χ2v) is 7.60. The molecule has 1 N–H and O–H groups in total. The van der Waals surface area contributed by atoms with Gasteiger partial charge in [-0.1, -0.05) is 26.0 Å². The van der Waals surface area contributed by atoms with Crippen molar-refractivity contribution >= 4 is 28.6 Å². The first kappa shape index (κ1) is 15.8. The molecule has 0 spiro atoms. The van der Waals surface area contributed by atoms with Crippen LogP contribution in [0.4, 0.5) is 0 Å². The van der Waals surface area contributed by atoms with Crippen molar-refractivity contribution in [2.24, 2.45) is 23.7 Å². The maximum Gasteiger partial charge on any atom is 0.306 e. The minimum Gasteiger partial charge on any atom is -0.481 e. The van der Waals surface area contributed by atoms with E-state index in [4.69, 9.17) is 0 Å². The maximum atomic E-state index is 11.5. The first-order valence-electron chi connectivity index (χ1n) is 7.44. The number of carboxylic acid groups (broad SMARTS) is 1. The van der Waals surface area contributed by atoms with Crippen LogP contribution in [-0.2, 0) is 11.2 Å². The van der Waals surface area contributed by atoms with Gasteiger partial charge in [0, 0.05) is 3.57 Å². The number of halogens is 1. The third kappa shape index (κ3) is 3.96. The van der Waals surface area contributed by atoms with Crippen LogP contribution in [0.1, 0.15) is 38.7 Å². The molecule has 3 atom stereocenters. The molecule has 0 amide bonds. The molecule has 1 aromatic carbocycles. The number of hydrogen-bond acceptors (Lipinski definition) is 1. The second kappa shape index (κ2) is 6.92. The highest BCUT2D eigenvalue weighted by molar-refractivity contribution is 14.1. The molecular formula is C17H23IO2. The van der Waals surface area contributed by atoms with E-state index in [1.54, 1.807) is 0 Å². The summed E-state index contributed by atoms with van der Waals surface area (Å²) in [5.74, 6) is 0.851. The van der Waals surface area contributed by atoms with Crippen LogP contribution in [-0.4, -0.2) is 11.1 Å². The fourth-order valence-corrected chi connectivity index (χ4v) is 3.74. The van der Waals surface area contributed by atoms with Crippen LogP contribution < -0.4 is 0 Å². The van der Waals surface area contributed by atoms with Crippen LogP contribution >= 0.6 is 22.6 Å². The van der Waals surface area contributed by atoms with Crippen molar-refractivity contribution in [3.05, 3.63) is 33.4 Å². The number of hydrogen-bond donors (Lipinski definition) is 1. The van der Waals surface area contributed by atoms with Crippen molar-refractivity contribution in [2.75, 3.05) is 0 Å². The Morgan fingerprint density at radius 2 is 1.95 bits per heavy atom. The fourth-order valence-electron chi connectivity index (χ4n) is 3.38. The average Bonchev–Trinajstić information content (AvgIpc) is 2.41. The van der Waals surface area contributed by atoms with E-state index < -0.39 is 5.97 Å². The van der Waals surface area contributed by atoms with Gasteiger partial charge in [-0.3, -0.25) is 4.79 Å². The van der Waals surface area contributed by atoms with Crippen molar-refractivity contribution in [3.8, 4) is 0 Å². The van der Waals surface area contributed by atoms with E-state index in [0.717, 1.165) is 25.7 Å². The van der Waals surface area contributed by atoms with Crippen LogP contribution in [0.3, 0.4) is 0 Å². The molecular weight excluding hydrogens is 363 g/mol. The molecule has 0 saturated heterocycles. The summed E-state index contributed by atoms with van der Waals surface area (Å²) in [7, 11) is 0. The van der Waals surface area contributed by atoms with Crippen LogP contribution in [0.5, 0.6) is 0 Å². The number of aliphatic carboxylic acids is 1. The molecule has 2 nitrogen and oxygen atoms in total. The van der Waals surface area contributed by atoms with Gasteiger partial charge >= 0.3 is 5.97 Å². The van der Waals surface area contributed by atoms with E-state index in [2.05, 4.69) is 60.7 Å². The maximum absolute atomic E-state index is 11.5. The summed E-state index contributed by atoms with van der Waals surface area (Å²) in [6, 6.07) is 8.49. The van der Waals surface area contributed by atoms with Gasteiger partial charge in [0.05, 0.1) is 5.92 Å². The van der Waals surface area contributed by atoms with Gasteiger partial charge in [-0.25, -0.2) is 0 Å². The van der Waals surface area contributed by atoms with Crippen molar-refractivity contribution < 1.29 is 9.90 Å². The van der Waals surface area contributed by atoms with E-state index in [1.165, 1.54) is 9.13 Å². The fraction of sp³-hybridized carbons (Fsp3) is 0.588. The first-order chi connectivity index (χ1) is 9.47. The number of benzene rings is 1. The van der Waals surface area contributed by atoms with Gasteiger partial charge in [-0.15, -0.1) is 0 Å². The van der Waals surface area contributed by atoms with Gasteiger partial charge < -0.3 is 5.11 Å². The van der Waals surface area contributed by atoms with Gasteiger partial charge in [-0.2, -0.15) is 0 Å². The zero-order valence-electron chi connectivity index (χ0n) is 12.2. The average molecular weight is 386 g/mol. The molecule has 1 aliphatic carbocycles. The normalized spacial score (nSPS) is 26.7. The van der Waals surface area contributed by atoms with Crippen molar-refractivity contribution in [1.29, 1.82) is 0 Å². The Labute approximate surface area is 135 Å². The number of carboxylic acids is 1. The molecule has 0 radical (unpaired) electrons. The molecule has 1 aromatic rings. The summed E-state index contributed by atoms with van der Waals surface area (Å²) in [4.78, 5) is 11.5. The van der Waals surface area contributed by atoms with E-state index in [0.29, 0.717) is 11.8 Å². The molecule has 0 heterocycles. The number of carbonyl (C=O) groups is 1. The Hall–Kier alpha value is -0.580. The molecule has 0 aliphatic heterocycles. The van der Waals surface area contributed by atoms with Crippen molar-refractivity contribution in [1.82, 2.24) is 0 Å². The Balaban J connectivity index is 2.10. The van der Waals surface area contributed by atoms with Gasteiger partial charge in [-0.05, 0) is 83.7 Å². The molecule has 0 aromatic heterocycles. The third-order valence-corrected chi connectivity index (χ3v) is 5.41. The molecule has 3 unspecified atom stereocenters. The standard InChI is InChI=1S/C17H23IO2/c1-11(2)13-5-8-16(17(19)20)14(10-13)9-12-3-6-15(18)7-4-12/h3-4,6-7,11,13-14,16H,5,8-10H2,1-2H3,(H,19,20). The van der Waals surface area contributed by atoms with Gasteiger partial charge in [0.2, 0.25) is 0 Å². The van der Waals surface area contributed by atoms with Gasteiger partial charge in [0.25, 0.3) is 0 Å². The zero-order chi connectivity index (χ0) is 14.7. The van der Waals surface area contributed by atoms with Crippen LogP contribution in [0.15, 0.2) is 24.3 Å². The van der Waals surface area contributed by atoms with E-state index in [9.17, 15) is 9.90 Å². The van der Waals surface area contributed by atoms with Crippen LogP contribution in [0.25, 0.3) is 0 Å². The highest BCUT2D eigenvalue weighted by Gasteiger charge is 2.35. The molecule has 1 saturated carbocycles. The Morgan fingerprint density at radius 3 is 2.50 bits per heavy atom. The van der Waals surface area contributed by atoms with Crippen molar-refractivity contribution in [3.63, 3.8) is 0 Å². The van der Waals surface area contributed by atoms with E-state index in [-0.39, 0.29) is 11.8 Å². The minimum absolute atomic E-state index is 0.163. The van der Waals surface area contributed by atoms with E-state index >= 15 is 0 Å². The van der Waals surface area contributed by atoms with Crippen molar-refractivity contribution in [2.45, 2.75) is 39.5 Å². The summed E-state index contributed by atoms with van der Waals surface area (Å²) in [6.07, 6.45) is 3.86. The van der Waals surface area contributed by atoms with Crippen LogP contribution in [0.2, 0.25) is 0 Å². The lowest BCUT2D eigenvalue weighted by Gasteiger charge is -2.36. The van der Waals surface area contributed by atoms with Crippen LogP contribution in [0, 0.1) is 27.2 Å². The summed E-state index contributed by atoms with van der Waals surface area (Å²) in [6.45, 7) is 4.52. The van der Waals surface area contributed by atoms with Gasteiger partial charge in [0.15, 0.2) is 0 Å². The Morgan fingerprint density at radius 1 is 1.30 bits per heavy atom. The number of rotatable bonds is 4. The summed E-state index contributed by atoms with van der Waals surface area (Å²) < 4.78 is 1.23. The minimum atomic E-state index is -0.609. The monoisotopic (exact) mass is 386 g/mol. The molecule has 20 heavy (non-hydrogen) atoms. The highest BCUT2D eigenvalue weighted by atomic mass is 127. The molecule has 1 fully saturated rings. The lowest BCUT2D eigenvalue weighted by Crippen LogP contribution is -2.33. The summed E-state index contributed by atoms with van der Waals surface area (Å²) in [5.41, 5.74) is 1.27. The topological polar surface area (TPSA) is 37.3 Å². The second-order valence-electron chi connectivity index (χ2n) is 6.35. The SMILES string of the molecule is CC(C)C1CCC(C(=O)O)C(Cc2ccc(I)cc2)C1. The molecule has 1 aliphatic rings.